The third kappa shape index (κ3) is 8.01. The van der Waals surface area contributed by atoms with Gasteiger partial charge in [0.2, 0.25) is 11.8 Å². The van der Waals surface area contributed by atoms with Crippen molar-refractivity contribution in [2.75, 3.05) is 34.4 Å². The van der Waals surface area contributed by atoms with Gasteiger partial charge in [0.05, 0.1) is 54.5 Å². The number of amides is 4. The van der Waals surface area contributed by atoms with Crippen LogP contribution in [0.2, 0.25) is 0 Å². The second kappa shape index (κ2) is 16.6. The molecule has 0 bridgehead atoms. The van der Waals surface area contributed by atoms with E-state index in [1.807, 2.05) is 36.9 Å². The summed E-state index contributed by atoms with van der Waals surface area (Å²) in [7, 11) is 4.05. The minimum absolute atomic E-state index is 0.112. The normalized spacial score (nSPS) is 18.5. The Bertz CT molecular complexity index is 2270. The highest BCUT2D eigenvalue weighted by atomic mass is 16.5. The Labute approximate surface area is 330 Å². The van der Waals surface area contributed by atoms with Crippen LogP contribution in [-0.4, -0.2) is 106 Å². The lowest BCUT2D eigenvalue weighted by Gasteiger charge is -2.30. The van der Waals surface area contributed by atoms with Gasteiger partial charge in [-0.2, -0.15) is 0 Å². The number of hydrogen-bond donors (Lipinski definition) is 4. The first-order valence-electron chi connectivity index (χ1n) is 19.4. The maximum atomic E-state index is 13.7. The van der Waals surface area contributed by atoms with Crippen molar-refractivity contribution >= 4 is 46.1 Å². The molecule has 300 valence electrons. The fourth-order valence-electron chi connectivity index (χ4n) is 7.97. The summed E-state index contributed by atoms with van der Waals surface area (Å²) in [5, 5.41) is 5.33. The van der Waals surface area contributed by atoms with Crippen molar-refractivity contribution in [3.63, 3.8) is 0 Å². The molecule has 15 nitrogen and oxygen atoms in total. The van der Waals surface area contributed by atoms with E-state index in [0.29, 0.717) is 18.9 Å². The van der Waals surface area contributed by atoms with Crippen LogP contribution in [0.5, 0.6) is 0 Å². The monoisotopic (exact) mass is 778 g/mol. The molecule has 0 saturated carbocycles. The lowest BCUT2D eigenvalue weighted by atomic mass is 10.00. The fourth-order valence-corrected chi connectivity index (χ4v) is 7.97. The van der Waals surface area contributed by atoms with Crippen LogP contribution in [0, 0.1) is 5.92 Å². The molecule has 2 aliphatic rings. The number of ether oxygens (including phenoxy) is 3. The zero-order valence-corrected chi connectivity index (χ0v) is 33.1. The molecule has 5 atom stereocenters. The highest BCUT2D eigenvalue weighted by molar-refractivity contribution is 5.88. The third-order valence-electron chi connectivity index (χ3n) is 11.2. The minimum Gasteiger partial charge on any atom is -0.453 e. The Balaban J connectivity index is 1.06. The summed E-state index contributed by atoms with van der Waals surface area (Å²) in [4.78, 5) is 71.7. The van der Waals surface area contributed by atoms with Crippen molar-refractivity contribution < 1.29 is 33.4 Å². The zero-order chi connectivity index (χ0) is 40.4. The molecule has 57 heavy (non-hydrogen) atoms. The van der Waals surface area contributed by atoms with Crippen LogP contribution in [0.1, 0.15) is 70.2 Å². The number of likely N-dealkylation sites (tertiary alicyclic amines) is 2. The summed E-state index contributed by atoms with van der Waals surface area (Å²) in [5.41, 5.74) is 7.45. The second-order valence-electron chi connectivity index (χ2n) is 15.1. The van der Waals surface area contributed by atoms with Crippen LogP contribution in [0.15, 0.2) is 60.7 Å². The van der Waals surface area contributed by atoms with Gasteiger partial charge in [0.15, 0.2) is 0 Å². The SMILES string of the molecule is COC(=O)N[C@H](C(=O)N1CCC[C@H]1c1nc2cc(-c3ccc(-c4ccc5[nH]c([C@@H]6CCCN6C(=O)[C@@H](NC(=O)OC)[C@@H](C)OC)nc5c4)cc3)ccc2[nH]1)C(C)C. The predicted molar refractivity (Wildman–Crippen MR) is 214 cm³/mol. The summed E-state index contributed by atoms with van der Waals surface area (Å²) < 4.78 is 14.9. The van der Waals surface area contributed by atoms with Crippen LogP contribution in [0.4, 0.5) is 9.59 Å². The molecule has 4 N–H and O–H groups in total. The number of carbonyl (C=O) groups excluding carboxylic acids is 4. The highest BCUT2D eigenvalue weighted by Gasteiger charge is 2.39. The van der Waals surface area contributed by atoms with Crippen molar-refractivity contribution in [2.24, 2.45) is 5.92 Å². The van der Waals surface area contributed by atoms with Gasteiger partial charge in [-0.1, -0.05) is 50.2 Å². The average Bonchev–Trinajstić information content (AvgIpc) is 4.06. The van der Waals surface area contributed by atoms with Crippen LogP contribution in [0.25, 0.3) is 44.3 Å². The molecule has 0 aliphatic carbocycles. The first-order valence-corrected chi connectivity index (χ1v) is 19.4. The number of fused-ring (bicyclic) bond motifs is 2. The molecule has 2 fully saturated rings. The number of aromatic nitrogens is 4. The van der Waals surface area contributed by atoms with Crippen molar-refractivity contribution in [1.82, 2.24) is 40.4 Å². The number of alkyl carbamates (subject to hydrolysis) is 2. The first kappa shape index (κ1) is 39.3. The molecular weight excluding hydrogens is 729 g/mol. The highest BCUT2D eigenvalue weighted by Crippen LogP contribution is 2.36. The molecule has 3 aromatic carbocycles. The van der Waals surface area contributed by atoms with Crippen LogP contribution < -0.4 is 10.6 Å². The van der Waals surface area contributed by atoms with E-state index in [9.17, 15) is 19.2 Å². The van der Waals surface area contributed by atoms with Crippen LogP contribution in [0.3, 0.4) is 0 Å². The van der Waals surface area contributed by atoms with Gasteiger partial charge in [0.1, 0.15) is 23.7 Å². The molecule has 0 spiro atoms. The summed E-state index contributed by atoms with van der Waals surface area (Å²) >= 11 is 0. The Morgan fingerprint density at radius 1 is 0.649 bits per heavy atom. The van der Waals surface area contributed by atoms with E-state index in [4.69, 9.17) is 24.2 Å². The molecule has 4 amide bonds. The topological polar surface area (TPSA) is 184 Å². The predicted octanol–water partition coefficient (Wildman–Crippen LogP) is 6.24. The zero-order valence-electron chi connectivity index (χ0n) is 33.1. The van der Waals surface area contributed by atoms with Gasteiger partial charge in [0.25, 0.3) is 0 Å². The largest absolute Gasteiger partial charge is 0.453 e. The quantitative estimate of drug-likeness (QED) is 0.121. The number of nitrogens with zero attached hydrogens (tertiary/aromatic N) is 4. The number of aromatic amines is 2. The molecule has 0 unspecified atom stereocenters. The van der Waals surface area contributed by atoms with Crippen molar-refractivity contribution in [2.45, 2.75) is 76.7 Å². The van der Waals surface area contributed by atoms with Gasteiger partial charge in [0, 0.05) is 20.2 Å². The van der Waals surface area contributed by atoms with E-state index in [2.05, 4.69) is 63.1 Å². The molecular formula is C42H50N8O7. The number of rotatable bonds is 11. The number of imidazole rings is 2. The maximum Gasteiger partial charge on any atom is 0.407 e. The minimum atomic E-state index is -0.900. The molecule has 5 aromatic rings. The standard InChI is InChI=1S/C42H50N8O7/c1-23(2)35(47-41(53)56-5)39(51)49-19-7-9-33(49)37-43-29-17-15-27(21-31(29)45-37)25-11-13-26(14-12-25)28-16-18-30-32(22-28)46-38(44-30)34-10-8-20-50(34)40(52)36(24(3)55-4)48-42(54)57-6/h11-18,21-24,33-36H,7-10,19-20H2,1-6H3,(H,43,45)(H,44,46)(H,47,53)(H,48,54)/t24-,33+,34+,35+,36+/m1/s1. The number of carbonyl (C=O) groups is 4. The smallest absolute Gasteiger partial charge is 0.407 e. The summed E-state index contributed by atoms with van der Waals surface area (Å²) in [5.74, 6) is 0.928. The number of benzene rings is 3. The third-order valence-corrected chi connectivity index (χ3v) is 11.2. The van der Waals surface area contributed by atoms with Crippen molar-refractivity contribution in [3.8, 4) is 22.3 Å². The Morgan fingerprint density at radius 2 is 1.07 bits per heavy atom. The molecule has 15 heteroatoms. The van der Waals surface area contributed by atoms with E-state index >= 15 is 0 Å². The van der Waals surface area contributed by atoms with Crippen LogP contribution in [-0.2, 0) is 23.8 Å². The van der Waals surface area contributed by atoms with Gasteiger partial charge in [-0.15, -0.1) is 0 Å². The first-order chi connectivity index (χ1) is 27.5. The van der Waals surface area contributed by atoms with Gasteiger partial charge < -0.3 is 44.6 Å². The molecule has 7 rings (SSSR count). The number of H-pyrrole nitrogens is 2. The number of methoxy groups -OCH3 is 3. The summed E-state index contributed by atoms with van der Waals surface area (Å²) in [6.07, 6.45) is 1.29. The number of nitrogens with one attached hydrogen (secondary N) is 4. The van der Waals surface area contributed by atoms with E-state index in [1.165, 1.54) is 21.3 Å². The Morgan fingerprint density at radius 3 is 1.49 bits per heavy atom. The van der Waals surface area contributed by atoms with Gasteiger partial charge in [-0.05, 0) is 85.0 Å². The van der Waals surface area contributed by atoms with Gasteiger partial charge >= 0.3 is 12.2 Å². The van der Waals surface area contributed by atoms with E-state index < -0.39 is 30.4 Å². The molecule has 2 saturated heterocycles. The average molecular weight is 779 g/mol. The lowest BCUT2D eigenvalue weighted by molar-refractivity contribution is -0.137. The molecule has 2 aromatic heterocycles. The second-order valence-corrected chi connectivity index (χ2v) is 15.1. The van der Waals surface area contributed by atoms with Crippen LogP contribution >= 0.6 is 0 Å². The van der Waals surface area contributed by atoms with Gasteiger partial charge in [-0.25, -0.2) is 19.6 Å². The molecule has 0 radical (unpaired) electrons. The Hall–Kier alpha value is -5.96. The summed E-state index contributed by atoms with van der Waals surface area (Å²) in [6.45, 7) is 6.67. The van der Waals surface area contributed by atoms with E-state index in [0.717, 1.165) is 75.8 Å². The Kier molecular flexibility index (Phi) is 11.5. The summed E-state index contributed by atoms with van der Waals surface area (Å²) in [6, 6.07) is 18.5. The fraction of sp³-hybridized carbons (Fsp3) is 0.429. The maximum absolute atomic E-state index is 13.7. The van der Waals surface area contributed by atoms with E-state index in [-0.39, 0.29) is 29.8 Å². The van der Waals surface area contributed by atoms with E-state index in [1.54, 1.807) is 11.8 Å². The molecule has 4 heterocycles. The lowest BCUT2D eigenvalue weighted by Crippen LogP contribution is -2.54. The van der Waals surface area contributed by atoms with Gasteiger partial charge in [-0.3, -0.25) is 9.59 Å². The molecule has 2 aliphatic heterocycles. The van der Waals surface area contributed by atoms with Crippen molar-refractivity contribution in [1.29, 1.82) is 0 Å². The number of hydrogen-bond acceptors (Lipinski definition) is 9. The van der Waals surface area contributed by atoms with Crippen molar-refractivity contribution in [3.05, 3.63) is 72.3 Å².